The standard InChI is InChI=1S/C14H15NO3/c1-4-10-5-6-13(17-3)11(7-10)8-12-14(16)18-9(2)15-12/h5-8H,4H2,1-3H3/b12-8+. The maximum absolute atomic E-state index is 11.5. The van der Waals surface area contributed by atoms with E-state index in [0.29, 0.717) is 17.3 Å². The number of rotatable bonds is 3. The van der Waals surface area contributed by atoms with Gasteiger partial charge in [0, 0.05) is 12.5 Å². The Labute approximate surface area is 106 Å². The minimum absolute atomic E-state index is 0.305. The third kappa shape index (κ3) is 2.42. The lowest BCUT2D eigenvalue weighted by Gasteiger charge is -2.06. The Morgan fingerprint density at radius 2 is 2.22 bits per heavy atom. The second kappa shape index (κ2) is 5.04. The summed E-state index contributed by atoms with van der Waals surface area (Å²) in [5.41, 5.74) is 2.32. The Bertz CT molecular complexity index is 544. The number of benzene rings is 1. The van der Waals surface area contributed by atoms with Crippen LogP contribution in [0.2, 0.25) is 0 Å². The number of methoxy groups -OCH3 is 1. The fraction of sp³-hybridized carbons (Fsp3) is 0.286. The van der Waals surface area contributed by atoms with Crippen molar-refractivity contribution in [3.63, 3.8) is 0 Å². The number of hydrogen-bond donors (Lipinski definition) is 0. The van der Waals surface area contributed by atoms with E-state index in [2.05, 4.69) is 11.9 Å². The van der Waals surface area contributed by atoms with E-state index in [0.717, 1.165) is 12.0 Å². The quantitative estimate of drug-likeness (QED) is 0.607. The Morgan fingerprint density at radius 1 is 1.44 bits per heavy atom. The molecule has 0 radical (unpaired) electrons. The number of aryl methyl sites for hydroxylation is 1. The highest BCUT2D eigenvalue weighted by atomic mass is 16.6. The predicted molar refractivity (Wildman–Crippen MR) is 69.6 cm³/mol. The molecule has 94 valence electrons. The van der Waals surface area contributed by atoms with Crippen LogP contribution in [0, 0.1) is 0 Å². The third-order valence-corrected chi connectivity index (χ3v) is 2.72. The van der Waals surface area contributed by atoms with E-state index in [4.69, 9.17) is 9.47 Å². The first-order chi connectivity index (χ1) is 8.63. The molecule has 0 bridgehead atoms. The number of aliphatic imine (C=N–C) groups is 1. The van der Waals surface area contributed by atoms with Gasteiger partial charge in [0.25, 0.3) is 0 Å². The molecule has 0 amide bonds. The lowest BCUT2D eigenvalue weighted by Crippen LogP contribution is -2.00. The zero-order valence-electron chi connectivity index (χ0n) is 10.7. The predicted octanol–water partition coefficient (Wildman–Crippen LogP) is 2.57. The van der Waals surface area contributed by atoms with Crippen molar-refractivity contribution in [2.24, 2.45) is 4.99 Å². The molecule has 0 aliphatic carbocycles. The van der Waals surface area contributed by atoms with E-state index in [1.54, 1.807) is 20.1 Å². The summed E-state index contributed by atoms with van der Waals surface area (Å²) in [6.45, 7) is 3.73. The molecule has 0 spiro atoms. The molecular weight excluding hydrogens is 230 g/mol. The molecule has 4 nitrogen and oxygen atoms in total. The van der Waals surface area contributed by atoms with Gasteiger partial charge in [-0.05, 0) is 30.2 Å². The molecule has 0 saturated heterocycles. The summed E-state index contributed by atoms with van der Waals surface area (Å²) >= 11 is 0. The first-order valence-electron chi connectivity index (χ1n) is 5.80. The summed E-state index contributed by atoms with van der Waals surface area (Å²) in [7, 11) is 1.60. The molecule has 1 aromatic carbocycles. The van der Waals surface area contributed by atoms with Crippen molar-refractivity contribution < 1.29 is 14.3 Å². The molecule has 1 heterocycles. The lowest BCUT2D eigenvalue weighted by atomic mass is 10.1. The average Bonchev–Trinajstić information content (AvgIpc) is 2.67. The van der Waals surface area contributed by atoms with Crippen molar-refractivity contribution in [3.8, 4) is 5.75 Å². The fourth-order valence-corrected chi connectivity index (χ4v) is 1.78. The smallest absolute Gasteiger partial charge is 0.363 e. The Morgan fingerprint density at radius 3 is 2.78 bits per heavy atom. The van der Waals surface area contributed by atoms with Gasteiger partial charge in [-0.3, -0.25) is 0 Å². The minimum atomic E-state index is -0.420. The number of nitrogens with zero attached hydrogens (tertiary/aromatic N) is 1. The largest absolute Gasteiger partial charge is 0.496 e. The Hall–Kier alpha value is -2.10. The zero-order chi connectivity index (χ0) is 13.1. The Balaban J connectivity index is 2.44. The van der Waals surface area contributed by atoms with Gasteiger partial charge in [-0.2, -0.15) is 0 Å². The molecule has 0 unspecified atom stereocenters. The second-order valence-electron chi connectivity index (χ2n) is 3.98. The van der Waals surface area contributed by atoms with Crippen molar-refractivity contribution in [1.82, 2.24) is 0 Å². The monoisotopic (exact) mass is 245 g/mol. The van der Waals surface area contributed by atoms with Crippen LogP contribution in [0.1, 0.15) is 25.0 Å². The van der Waals surface area contributed by atoms with Gasteiger partial charge in [0.1, 0.15) is 5.75 Å². The van der Waals surface area contributed by atoms with Gasteiger partial charge in [-0.15, -0.1) is 0 Å². The third-order valence-electron chi connectivity index (χ3n) is 2.72. The van der Waals surface area contributed by atoms with Crippen LogP contribution >= 0.6 is 0 Å². The number of ether oxygens (including phenoxy) is 2. The number of hydrogen-bond acceptors (Lipinski definition) is 4. The topological polar surface area (TPSA) is 47.9 Å². The van der Waals surface area contributed by atoms with E-state index in [1.165, 1.54) is 5.56 Å². The van der Waals surface area contributed by atoms with Crippen molar-refractivity contribution in [3.05, 3.63) is 35.0 Å². The van der Waals surface area contributed by atoms with Gasteiger partial charge >= 0.3 is 5.97 Å². The highest BCUT2D eigenvalue weighted by molar-refractivity contribution is 6.06. The van der Waals surface area contributed by atoms with Crippen LogP contribution in [0.4, 0.5) is 0 Å². The molecule has 2 rings (SSSR count). The van der Waals surface area contributed by atoms with Gasteiger partial charge in [-0.25, -0.2) is 9.79 Å². The van der Waals surface area contributed by atoms with E-state index in [9.17, 15) is 4.79 Å². The normalized spacial score (nSPS) is 16.7. The van der Waals surface area contributed by atoms with Crippen LogP contribution in [0.5, 0.6) is 5.75 Å². The number of esters is 1. The minimum Gasteiger partial charge on any atom is -0.496 e. The molecule has 0 fully saturated rings. The van der Waals surface area contributed by atoms with Crippen LogP contribution in [0.15, 0.2) is 28.9 Å². The van der Waals surface area contributed by atoms with Crippen LogP contribution in [-0.2, 0) is 16.0 Å². The van der Waals surface area contributed by atoms with Gasteiger partial charge in [0.2, 0.25) is 0 Å². The van der Waals surface area contributed by atoms with Gasteiger partial charge in [0.05, 0.1) is 7.11 Å². The molecule has 18 heavy (non-hydrogen) atoms. The van der Waals surface area contributed by atoms with Crippen molar-refractivity contribution in [1.29, 1.82) is 0 Å². The van der Waals surface area contributed by atoms with Crippen molar-refractivity contribution in [2.45, 2.75) is 20.3 Å². The summed E-state index contributed by atoms with van der Waals surface area (Å²) in [5.74, 6) is 0.667. The van der Waals surface area contributed by atoms with E-state index < -0.39 is 5.97 Å². The molecule has 0 saturated carbocycles. The van der Waals surface area contributed by atoms with E-state index >= 15 is 0 Å². The summed E-state index contributed by atoms with van der Waals surface area (Å²) in [6.07, 6.45) is 2.61. The molecule has 0 aromatic heterocycles. The summed E-state index contributed by atoms with van der Waals surface area (Å²) in [4.78, 5) is 15.5. The summed E-state index contributed by atoms with van der Waals surface area (Å²) < 4.78 is 10.2. The molecule has 1 aromatic rings. The second-order valence-corrected chi connectivity index (χ2v) is 3.98. The highest BCUT2D eigenvalue weighted by Gasteiger charge is 2.20. The van der Waals surface area contributed by atoms with Crippen molar-refractivity contribution in [2.75, 3.05) is 7.11 Å². The molecule has 1 aliphatic rings. The number of carbonyl (C=O) groups excluding carboxylic acids is 1. The van der Waals surface area contributed by atoms with Crippen LogP contribution in [0.3, 0.4) is 0 Å². The molecular formula is C14H15NO3. The van der Waals surface area contributed by atoms with E-state index in [1.807, 2.05) is 18.2 Å². The molecule has 0 N–H and O–H groups in total. The van der Waals surface area contributed by atoms with Gasteiger partial charge in [0.15, 0.2) is 11.6 Å². The average molecular weight is 245 g/mol. The van der Waals surface area contributed by atoms with Gasteiger partial charge < -0.3 is 9.47 Å². The Kier molecular flexibility index (Phi) is 3.46. The van der Waals surface area contributed by atoms with Crippen LogP contribution < -0.4 is 4.74 Å². The van der Waals surface area contributed by atoms with Gasteiger partial charge in [-0.1, -0.05) is 13.0 Å². The fourth-order valence-electron chi connectivity index (χ4n) is 1.78. The van der Waals surface area contributed by atoms with Crippen LogP contribution in [0.25, 0.3) is 6.08 Å². The summed E-state index contributed by atoms with van der Waals surface area (Å²) in [6, 6.07) is 5.88. The zero-order valence-corrected chi connectivity index (χ0v) is 10.7. The SMILES string of the molecule is CCc1ccc(OC)c(/C=C2/N=C(C)OC2=O)c1. The van der Waals surface area contributed by atoms with Crippen LogP contribution in [-0.4, -0.2) is 19.0 Å². The first-order valence-corrected chi connectivity index (χ1v) is 5.80. The molecule has 4 heteroatoms. The first kappa shape index (κ1) is 12.4. The highest BCUT2D eigenvalue weighted by Crippen LogP contribution is 2.25. The summed E-state index contributed by atoms with van der Waals surface area (Å²) in [5, 5.41) is 0. The number of carbonyl (C=O) groups is 1. The maximum atomic E-state index is 11.5. The van der Waals surface area contributed by atoms with Crippen molar-refractivity contribution >= 4 is 17.9 Å². The molecule has 1 aliphatic heterocycles. The number of cyclic esters (lactones) is 1. The van der Waals surface area contributed by atoms with E-state index in [-0.39, 0.29) is 0 Å². The maximum Gasteiger partial charge on any atom is 0.363 e. The molecule has 0 atom stereocenters. The lowest BCUT2D eigenvalue weighted by molar-refractivity contribution is -0.130.